The summed E-state index contributed by atoms with van der Waals surface area (Å²) in [6.07, 6.45) is 0.932. The van der Waals surface area contributed by atoms with Gasteiger partial charge < -0.3 is 9.47 Å². The summed E-state index contributed by atoms with van der Waals surface area (Å²) in [5, 5.41) is 0. The van der Waals surface area contributed by atoms with Gasteiger partial charge >= 0.3 is 0 Å². The van der Waals surface area contributed by atoms with Crippen LogP contribution in [0, 0.1) is 6.07 Å². The van der Waals surface area contributed by atoms with Gasteiger partial charge in [0.15, 0.2) is 11.5 Å². The van der Waals surface area contributed by atoms with Crippen LogP contribution in [0.25, 0.3) is 0 Å². The zero-order chi connectivity index (χ0) is 8.39. The Balaban J connectivity index is 2.42. The van der Waals surface area contributed by atoms with Crippen molar-refractivity contribution in [2.75, 3.05) is 13.2 Å². The molecule has 0 aromatic heterocycles. The predicted molar refractivity (Wildman–Crippen MR) is 48.6 cm³/mol. The van der Waals surface area contributed by atoms with E-state index in [2.05, 4.69) is 22.0 Å². The number of rotatable bonds is 0. The van der Waals surface area contributed by atoms with E-state index in [1.807, 2.05) is 6.07 Å². The van der Waals surface area contributed by atoms with Gasteiger partial charge in [0, 0.05) is 6.42 Å². The summed E-state index contributed by atoms with van der Waals surface area (Å²) >= 11 is 3.38. The molecule has 12 heavy (non-hydrogen) atoms. The molecule has 0 atom stereocenters. The Morgan fingerprint density at radius 3 is 3.00 bits per heavy atom. The number of halogens is 1. The van der Waals surface area contributed by atoms with Crippen molar-refractivity contribution in [3.8, 4) is 11.5 Å². The largest absolute Gasteiger partial charge is 0.489 e. The fourth-order valence-electron chi connectivity index (χ4n) is 1.10. The van der Waals surface area contributed by atoms with Gasteiger partial charge in [-0.3, -0.25) is 0 Å². The molecule has 0 saturated heterocycles. The fraction of sp³-hybridized carbons (Fsp3) is 0.333. The first-order valence-electron chi connectivity index (χ1n) is 3.83. The molecule has 0 bridgehead atoms. The molecule has 2 nitrogen and oxygen atoms in total. The Morgan fingerprint density at radius 2 is 2.08 bits per heavy atom. The maximum absolute atomic E-state index is 5.49. The van der Waals surface area contributed by atoms with Crippen molar-refractivity contribution in [1.82, 2.24) is 0 Å². The van der Waals surface area contributed by atoms with Crippen molar-refractivity contribution in [2.45, 2.75) is 6.42 Å². The summed E-state index contributed by atoms with van der Waals surface area (Å²) in [7, 11) is 0. The number of hydrogen-bond donors (Lipinski definition) is 0. The highest BCUT2D eigenvalue weighted by Gasteiger charge is 2.12. The first-order chi connectivity index (χ1) is 5.88. The molecule has 3 heteroatoms. The number of ether oxygens (including phenoxy) is 2. The molecular formula is C9H8BrO2. The molecule has 1 radical (unpaired) electrons. The molecule has 1 aromatic rings. The van der Waals surface area contributed by atoms with E-state index < -0.39 is 0 Å². The average Bonchev–Trinajstić information content (AvgIpc) is 2.30. The van der Waals surface area contributed by atoms with E-state index >= 15 is 0 Å². The first kappa shape index (κ1) is 7.92. The molecule has 0 spiro atoms. The highest BCUT2D eigenvalue weighted by molar-refractivity contribution is 9.10. The quantitative estimate of drug-likeness (QED) is 0.678. The molecule has 1 aliphatic rings. The summed E-state index contributed by atoms with van der Waals surface area (Å²) in [4.78, 5) is 0. The zero-order valence-corrected chi connectivity index (χ0v) is 8.06. The van der Waals surface area contributed by atoms with E-state index in [1.165, 1.54) is 0 Å². The van der Waals surface area contributed by atoms with Crippen molar-refractivity contribution < 1.29 is 9.47 Å². The van der Waals surface area contributed by atoms with Crippen molar-refractivity contribution in [2.24, 2.45) is 0 Å². The van der Waals surface area contributed by atoms with Crippen LogP contribution in [0.1, 0.15) is 6.42 Å². The van der Waals surface area contributed by atoms with E-state index in [4.69, 9.17) is 9.47 Å². The summed E-state index contributed by atoms with van der Waals surface area (Å²) in [6, 6.07) is 6.59. The van der Waals surface area contributed by atoms with Crippen LogP contribution in [-0.4, -0.2) is 13.2 Å². The number of hydrogen-bond acceptors (Lipinski definition) is 2. The lowest BCUT2D eigenvalue weighted by Crippen LogP contribution is -1.97. The second-order valence-electron chi connectivity index (χ2n) is 2.55. The molecule has 1 aliphatic heterocycles. The smallest absolute Gasteiger partial charge is 0.175 e. The van der Waals surface area contributed by atoms with E-state index in [-0.39, 0.29) is 0 Å². The molecule has 0 fully saturated rings. The van der Waals surface area contributed by atoms with Crippen LogP contribution < -0.4 is 9.47 Å². The molecule has 0 unspecified atom stereocenters. The van der Waals surface area contributed by atoms with Crippen LogP contribution in [-0.2, 0) is 0 Å². The van der Waals surface area contributed by atoms with Gasteiger partial charge in [0.25, 0.3) is 0 Å². The Kier molecular flexibility index (Phi) is 2.21. The monoisotopic (exact) mass is 227 g/mol. The minimum Gasteiger partial charge on any atom is -0.489 e. The normalized spacial score (nSPS) is 15.4. The molecule has 0 N–H and O–H groups in total. The first-order valence-corrected chi connectivity index (χ1v) is 4.62. The van der Waals surface area contributed by atoms with Crippen molar-refractivity contribution in [3.05, 3.63) is 22.7 Å². The summed E-state index contributed by atoms with van der Waals surface area (Å²) in [5.74, 6) is 1.58. The lowest BCUT2D eigenvalue weighted by molar-refractivity contribution is 0.296. The average molecular weight is 228 g/mol. The zero-order valence-electron chi connectivity index (χ0n) is 6.47. The van der Waals surface area contributed by atoms with Crippen LogP contribution in [0.5, 0.6) is 11.5 Å². The topological polar surface area (TPSA) is 18.5 Å². The third-order valence-corrected chi connectivity index (χ3v) is 2.25. The molecular weight excluding hydrogens is 220 g/mol. The van der Waals surface area contributed by atoms with E-state index in [1.54, 1.807) is 6.07 Å². The Hall–Kier alpha value is -0.700. The Labute approximate surface area is 79.6 Å². The highest BCUT2D eigenvalue weighted by atomic mass is 79.9. The minimum atomic E-state index is 0.718. The van der Waals surface area contributed by atoms with Gasteiger partial charge in [0.05, 0.1) is 17.7 Å². The number of benzene rings is 1. The second kappa shape index (κ2) is 3.35. The molecule has 0 saturated carbocycles. The third kappa shape index (κ3) is 1.41. The maximum atomic E-state index is 5.49. The lowest BCUT2D eigenvalue weighted by Gasteiger charge is -2.07. The van der Waals surface area contributed by atoms with Crippen molar-refractivity contribution in [3.63, 3.8) is 0 Å². The van der Waals surface area contributed by atoms with Gasteiger partial charge in [0.2, 0.25) is 0 Å². The van der Waals surface area contributed by atoms with Crippen molar-refractivity contribution in [1.29, 1.82) is 0 Å². The Bertz CT molecular complexity index is 286. The summed E-state index contributed by atoms with van der Waals surface area (Å²) in [5.41, 5.74) is 0. The highest BCUT2D eigenvalue weighted by Crippen LogP contribution is 2.36. The molecule has 0 amide bonds. The van der Waals surface area contributed by atoms with Gasteiger partial charge in [-0.1, -0.05) is 0 Å². The predicted octanol–water partition coefficient (Wildman–Crippen LogP) is 2.41. The van der Waals surface area contributed by atoms with Crippen LogP contribution in [0.3, 0.4) is 0 Å². The Morgan fingerprint density at radius 1 is 1.25 bits per heavy atom. The van der Waals surface area contributed by atoms with E-state index in [0.29, 0.717) is 0 Å². The molecule has 1 heterocycles. The lowest BCUT2D eigenvalue weighted by atomic mass is 10.3. The number of fused-ring (bicyclic) bond motifs is 1. The van der Waals surface area contributed by atoms with Crippen LogP contribution in [0.15, 0.2) is 16.6 Å². The second-order valence-corrected chi connectivity index (χ2v) is 3.40. The van der Waals surface area contributed by atoms with E-state index in [9.17, 15) is 0 Å². The van der Waals surface area contributed by atoms with Gasteiger partial charge in [-0.25, -0.2) is 0 Å². The molecule has 0 aliphatic carbocycles. The summed E-state index contributed by atoms with van der Waals surface area (Å²) in [6.45, 7) is 1.44. The maximum Gasteiger partial charge on any atom is 0.175 e. The van der Waals surface area contributed by atoms with E-state index in [0.717, 1.165) is 35.6 Å². The summed E-state index contributed by atoms with van der Waals surface area (Å²) < 4.78 is 11.8. The molecule has 2 rings (SSSR count). The minimum absolute atomic E-state index is 0.718. The molecule has 63 valence electrons. The van der Waals surface area contributed by atoms with Crippen LogP contribution in [0.4, 0.5) is 0 Å². The third-order valence-electron chi connectivity index (χ3n) is 1.66. The van der Waals surface area contributed by atoms with Gasteiger partial charge in [-0.2, -0.15) is 0 Å². The van der Waals surface area contributed by atoms with Gasteiger partial charge in [-0.15, -0.1) is 0 Å². The van der Waals surface area contributed by atoms with Gasteiger partial charge in [0.1, 0.15) is 0 Å². The molecule has 1 aromatic carbocycles. The standard InChI is InChI=1S/C9H8BrO2/c10-7-3-1-4-8-9(7)12-6-2-5-11-8/h3-4H,2,5-6H2. The SMILES string of the molecule is Brc1c[c]cc2c1OCCCO2. The van der Waals surface area contributed by atoms with Crippen molar-refractivity contribution >= 4 is 15.9 Å². The van der Waals surface area contributed by atoms with Gasteiger partial charge in [-0.05, 0) is 34.1 Å². The van der Waals surface area contributed by atoms with Crippen LogP contribution in [0.2, 0.25) is 0 Å². The van der Waals surface area contributed by atoms with Crippen LogP contribution >= 0.6 is 15.9 Å². The fourth-order valence-corrected chi connectivity index (χ4v) is 1.54.